The minimum Gasteiger partial charge on any atom is -0.481 e. The van der Waals surface area contributed by atoms with E-state index in [-0.39, 0.29) is 12.0 Å². The summed E-state index contributed by atoms with van der Waals surface area (Å²) in [4.78, 5) is 15.5. The third-order valence-electron chi connectivity index (χ3n) is 4.02. The van der Waals surface area contributed by atoms with Crippen molar-refractivity contribution in [1.82, 2.24) is 9.80 Å². The average molecular weight is 228 g/mol. The molecule has 2 unspecified atom stereocenters. The van der Waals surface area contributed by atoms with Crippen molar-refractivity contribution in [1.29, 1.82) is 0 Å². The fourth-order valence-electron chi connectivity index (χ4n) is 2.29. The normalized spacial score (nSPS) is 23.3. The van der Waals surface area contributed by atoms with E-state index in [4.69, 9.17) is 5.11 Å². The lowest BCUT2D eigenvalue weighted by Gasteiger charge is -2.39. The van der Waals surface area contributed by atoms with Crippen molar-refractivity contribution < 1.29 is 9.90 Å². The number of carbonyl (C=O) groups is 1. The standard InChI is InChI=1S/C12H24N2O2/c1-9(12(15)16)10(2)14(4)11-5-7-13(3)8-6-11/h9-11H,5-8H2,1-4H3,(H,15,16). The Morgan fingerprint density at radius 1 is 1.38 bits per heavy atom. The van der Waals surface area contributed by atoms with Gasteiger partial charge in [0.05, 0.1) is 5.92 Å². The number of piperidine rings is 1. The Labute approximate surface area is 98.2 Å². The van der Waals surface area contributed by atoms with Crippen molar-refractivity contribution >= 4 is 5.97 Å². The SMILES string of the molecule is CC(C(=O)O)C(C)N(C)C1CCN(C)CC1. The Bertz CT molecular complexity index is 237. The highest BCUT2D eigenvalue weighted by Gasteiger charge is 2.29. The molecule has 1 fully saturated rings. The number of rotatable bonds is 4. The number of carboxylic acid groups (broad SMARTS) is 1. The van der Waals surface area contributed by atoms with Crippen LogP contribution in [0.1, 0.15) is 26.7 Å². The van der Waals surface area contributed by atoms with E-state index in [2.05, 4.69) is 23.9 Å². The summed E-state index contributed by atoms with van der Waals surface area (Å²) in [5.74, 6) is -1.00. The van der Waals surface area contributed by atoms with E-state index in [1.54, 1.807) is 6.92 Å². The molecule has 94 valence electrons. The fraction of sp³-hybridized carbons (Fsp3) is 0.917. The molecular formula is C12H24N2O2. The van der Waals surface area contributed by atoms with Crippen LogP contribution in [0, 0.1) is 5.92 Å². The summed E-state index contributed by atoms with van der Waals surface area (Å²) in [6, 6.07) is 0.638. The molecule has 0 aromatic carbocycles. The highest BCUT2D eigenvalue weighted by atomic mass is 16.4. The molecule has 1 aliphatic heterocycles. The molecule has 1 saturated heterocycles. The summed E-state index contributed by atoms with van der Waals surface area (Å²) in [6.45, 7) is 6.03. The lowest BCUT2D eigenvalue weighted by Crippen LogP contribution is -2.48. The maximum atomic E-state index is 10.9. The van der Waals surface area contributed by atoms with Gasteiger partial charge in [-0.3, -0.25) is 9.69 Å². The maximum Gasteiger partial charge on any atom is 0.307 e. The number of carboxylic acids is 1. The number of likely N-dealkylation sites (tertiary alicyclic amines) is 1. The second-order valence-electron chi connectivity index (χ2n) is 5.07. The molecule has 2 atom stereocenters. The monoisotopic (exact) mass is 228 g/mol. The summed E-state index contributed by atoms with van der Waals surface area (Å²) in [5.41, 5.74) is 0. The van der Waals surface area contributed by atoms with E-state index < -0.39 is 5.97 Å². The van der Waals surface area contributed by atoms with Crippen LogP contribution in [0.3, 0.4) is 0 Å². The van der Waals surface area contributed by atoms with Gasteiger partial charge >= 0.3 is 5.97 Å². The first-order valence-corrected chi connectivity index (χ1v) is 6.06. The summed E-state index contributed by atoms with van der Waals surface area (Å²) >= 11 is 0. The Morgan fingerprint density at radius 3 is 2.31 bits per heavy atom. The highest BCUT2D eigenvalue weighted by molar-refractivity contribution is 5.70. The van der Waals surface area contributed by atoms with Gasteiger partial charge in [-0.1, -0.05) is 6.92 Å². The van der Waals surface area contributed by atoms with Crippen molar-refractivity contribution in [3.63, 3.8) is 0 Å². The van der Waals surface area contributed by atoms with E-state index in [0.29, 0.717) is 6.04 Å². The van der Waals surface area contributed by atoms with Crippen LogP contribution < -0.4 is 0 Å². The first-order chi connectivity index (χ1) is 7.43. The molecule has 1 heterocycles. The zero-order valence-electron chi connectivity index (χ0n) is 10.8. The van der Waals surface area contributed by atoms with Gasteiger partial charge in [-0.2, -0.15) is 0 Å². The summed E-state index contributed by atoms with van der Waals surface area (Å²) in [5, 5.41) is 9.01. The average Bonchev–Trinajstić information content (AvgIpc) is 2.27. The first-order valence-electron chi connectivity index (χ1n) is 6.06. The van der Waals surface area contributed by atoms with Gasteiger partial charge in [-0.05, 0) is 47.0 Å². The van der Waals surface area contributed by atoms with E-state index >= 15 is 0 Å². The molecule has 0 radical (unpaired) electrons. The zero-order chi connectivity index (χ0) is 12.3. The number of nitrogens with zero attached hydrogens (tertiary/aromatic N) is 2. The van der Waals surface area contributed by atoms with Gasteiger partial charge in [0.15, 0.2) is 0 Å². The number of aliphatic carboxylic acids is 1. The lowest BCUT2D eigenvalue weighted by molar-refractivity contribution is -0.143. The number of hydrogen-bond acceptors (Lipinski definition) is 3. The molecule has 0 aromatic heterocycles. The van der Waals surface area contributed by atoms with Crippen molar-refractivity contribution in [2.45, 2.75) is 38.8 Å². The molecule has 4 nitrogen and oxygen atoms in total. The molecule has 4 heteroatoms. The predicted octanol–water partition coefficient (Wildman–Crippen LogP) is 1.12. The highest BCUT2D eigenvalue weighted by Crippen LogP contribution is 2.19. The molecule has 16 heavy (non-hydrogen) atoms. The third-order valence-corrected chi connectivity index (χ3v) is 4.02. The van der Waals surface area contributed by atoms with Gasteiger partial charge in [0.1, 0.15) is 0 Å². The Kier molecular flexibility index (Phi) is 4.74. The van der Waals surface area contributed by atoms with Crippen LogP contribution in [-0.2, 0) is 4.79 Å². The largest absolute Gasteiger partial charge is 0.481 e. The summed E-state index contributed by atoms with van der Waals surface area (Å²) < 4.78 is 0. The maximum absolute atomic E-state index is 10.9. The van der Waals surface area contributed by atoms with Crippen LogP contribution in [0.5, 0.6) is 0 Å². The van der Waals surface area contributed by atoms with Gasteiger partial charge in [-0.15, -0.1) is 0 Å². The van der Waals surface area contributed by atoms with Crippen LogP contribution >= 0.6 is 0 Å². The Morgan fingerprint density at radius 2 is 1.88 bits per heavy atom. The van der Waals surface area contributed by atoms with Gasteiger partial charge in [0.2, 0.25) is 0 Å². The number of hydrogen-bond donors (Lipinski definition) is 1. The van der Waals surface area contributed by atoms with Gasteiger partial charge < -0.3 is 10.0 Å². The van der Waals surface area contributed by atoms with Crippen LogP contribution in [0.15, 0.2) is 0 Å². The smallest absolute Gasteiger partial charge is 0.307 e. The second-order valence-corrected chi connectivity index (χ2v) is 5.07. The second kappa shape index (κ2) is 5.64. The molecule has 1 aliphatic rings. The van der Waals surface area contributed by atoms with Crippen LogP contribution in [0.4, 0.5) is 0 Å². The molecule has 0 spiro atoms. The molecule has 0 amide bonds. The van der Waals surface area contributed by atoms with Crippen molar-refractivity contribution in [2.24, 2.45) is 5.92 Å². The van der Waals surface area contributed by atoms with Gasteiger partial charge in [0.25, 0.3) is 0 Å². The van der Waals surface area contributed by atoms with E-state index in [1.807, 2.05) is 6.92 Å². The van der Waals surface area contributed by atoms with Crippen LogP contribution in [0.2, 0.25) is 0 Å². The Balaban J connectivity index is 2.50. The molecular weight excluding hydrogens is 204 g/mol. The predicted molar refractivity (Wildman–Crippen MR) is 64.5 cm³/mol. The Hall–Kier alpha value is -0.610. The fourth-order valence-corrected chi connectivity index (χ4v) is 2.29. The van der Waals surface area contributed by atoms with Gasteiger partial charge in [-0.25, -0.2) is 0 Å². The van der Waals surface area contributed by atoms with Crippen molar-refractivity contribution in [2.75, 3.05) is 27.2 Å². The summed E-state index contributed by atoms with van der Waals surface area (Å²) in [7, 11) is 4.19. The molecule has 0 saturated carbocycles. The third kappa shape index (κ3) is 3.19. The van der Waals surface area contributed by atoms with Crippen LogP contribution in [-0.4, -0.2) is 60.1 Å². The molecule has 0 aliphatic carbocycles. The minimum atomic E-state index is -0.702. The molecule has 1 N–H and O–H groups in total. The van der Waals surface area contributed by atoms with E-state index in [9.17, 15) is 4.79 Å². The van der Waals surface area contributed by atoms with Crippen molar-refractivity contribution in [3.8, 4) is 0 Å². The molecule has 1 rings (SSSR count). The topological polar surface area (TPSA) is 43.8 Å². The minimum absolute atomic E-state index is 0.103. The van der Waals surface area contributed by atoms with E-state index in [1.165, 1.54) is 0 Å². The lowest BCUT2D eigenvalue weighted by atomic mass is 9.97. The van der Waals surface area contributed by atoms with Crippen molar-refractivity contribution in [3.05, 3.63) is 0 Å². The van der Waals surface area contributed by atoms with Gasteiger partial charge in [0, 0.05) is 12.1 Å². The zero-order valence-corrected chi connectivity index (χ0v) is 10.8. The van der Waals surface area contributed by atoms with Crippen LogP contribution in [0.25, 0.3) is 0 Å². The van der Waals surface area contributed by atoms with E-state index in [0.717, 1.165) is 25.9 Å². The first kappa shape index (κ1) is 13.5. The summed E-state index contributed by atoms with van der Waals surface area (Å²) in [6.07, 6.45) is 2.29. The quantitative estimate of drug-likeness (QED) is 0.783. The molecule has 0 aromatic rings. The molecule has 0 bridgehead atoms.